The van der Waals surface area contributed by atoms with Gasteiger partial charge in [-0.3, -0.25) is 25.0 Å². The Morgan fingerprint density at radius 2 is 0.727 bits per heavy atom. The maximum absolute atomic E-state index is 13.5. The third kappa shape index (κ3) is 42.9. The molecule has 10 aromatic carbocycles. The van der Waals surface area contributed by atoms with E-state index in [9.17, 15) is 33.9 Å². The predicted octanol–water partition coefficient (Wildman–Crippen LogP) is 24.9. The quantitative estimate of drug-likeness (QED) is 0.00586. The van der Waals surface area contributed by atoms with Crippen LogP contribution in [0.5, 0.6) is 0 Å². The topological polar surface area (TPSA) is 324 Å². The number of aliphatic hydroxyl groups excluding tert-OH is 2. The van der Waals surface area contributed by atoms with E-state index >= 15 is 0 Å². The molecule has 4 amide bonds. The zero-order valence-electron chi connectivity index (χ0n) is 80.1. The Hall–Kier alpha value is -13.6. The molecule has 10 N–H and O–H groups in total. The minimum Gasteiger partial charge on any atom is -0.481 e. The molecule has 0 bridgehead atoms. The number of allylic oxidation sites excluding steroid dienone is 2. The van der Waals surface area contributed by atoms with Gasteiger partial charge in [-0.2, -0.15) is 0 Å². The molecule has 0 radical (unpaired) electrons. The lowest BCUT2D eigenvalue weighted by Gasteiger charge is -2.27. The average Bonchev–Trinajstić information content (AvgIpc) is 1.59. The summed E-state index contributed by atoms with van der Waals surface area (Å²) in [6.07, 6.45) is 5.08. The molecule has 0 saturated carbocycles. The number of carbonyl (C=O) groups is 6. The summed E-state index contributed by atoms with van der Waals surface area (Å²) in [5.41, 5.74) is 26.8. The molecule has 0 aliphatic rings. The largest absolute Gasteiger partial charge is 0.481 e. The number of ether oxygens (including phenoxy) is 3. The normalized spacial score (nSPS) is 11.0. The molecule has 22 nitrogen and oxygen atoms in total. The summed E-state index contributed by atoms with van der Waals surface area (Å²) in [5.74, 6) is -2.09. The van der Waals surface area contributed by atoms with Crippen LogP contribution < -0.4 is 27.4 Å². The standard InChI is InChI=1S/C31H33N3O3S.C29H29N3O3S.C21H27NO2.C13H17N.C9H8N2S.C6H10O2.C2H6O.CH4O.2CH4/c1-3-37-29(35)23(2)21-34(31(36)33-30-32-28(22-38-30)26-17-11-6-12-18-26)20-19-27(24-13-7-4-8-14-24)25-15-9-5-10-16-25;1-21(27(33)34)19-32(29(35)31-28-30-26(20-36-28)24-15-9-4-10-16-24)18-17-25(22-11-5-2-6-12-22)23-13-7-3-8-14-23;1-3-24-21(23)17(2)16-22-15-14-20(18-10-6-4-7-11-18)19-12-8-5-9-13-19;1-3-11(2)13(9-10-14)12-7-5-4-6-8-12;10-9-11-8(6-12-9)7-4-2-1-3-5-7;1-4-8-6(7)5(2)3;1-2-3;1-2;;/h4-18,22-23,27H,3,19-21H2,1-2H3,(H,32,33,36);2-16,20-21,25H,17-19H2,1H3,(H,33,34)(H,30,31,35);4-13,17,20,22H,3,14-16H2,1-2H3;3-8,13H,1-2,9-10,14H2;1-6H,(H2,10,11);2,4H2,1,3H3;3H,2H2,1H3;2H,1H3;2*1H4. The summed E-state index contributed by atoms with van der Waals surface area (Å²) in [6, 6.07) is 101. The van der Waals surface area contributed by atoms with Gasteiger partial charge < -0.3 is 56.1 Å². The van der Waals surface area contributed by atoms with Crippen molar-refractivity contribution in [2.45, 2.75) is 120 Å². The van der Waals surface area contributed by atoms with Crippen molar-refractivity contribution in [1.29, 1.82) is 0 Å². The molecule has 4 atom stereocenters. The molecule has 139 heavy (non-hydrogen) atoms. The number of carboxylic acid groups (broad SMARTS) is 1. The lowest BCUT2D eigenvalue weighted by Crippen LogP contribution is -2.41. The number of urea groups is 2. The first kappa shape index (κ1) is 118. The van der Waals surface area contributed by atoms with E-state index in [-0.39, 0.29) is 82.3 Å². The van der Waals surface area contributed by atoms with Gasteiger partial charge in [-0.1, -0.05) is 365 Å². The number of hydrogen-bond donors (Lipinski definition) is 8. The highest BCUT2D eigenvalue weighted by Crippen LogP contribution is 2.34. The van der Waals surface area contributed by atoms with Crippen LogP contribution in [0, 0.1) is 17.8 Å². The predicted molar refractivity (Wildman–Crippen MR) is 576 cm³/mol. The maximum Gasteiger partial charge on any atom is 0.333 e. The third-order valence-electron chi connectivity index (χ3n) is 21.2. The molecule has 0 aliphatic heterocycles. The van der Waals surface area contributed by atoms with Crippen molar-refractivity contribution in [1.82, 2.24) is 30.1 Å². The summed E-state index contributed by atoms with van der Waals surface area (Å²) in [5, 5.41) is 40.7. The number of carboxylic acids is 1. The van der Waals surface area contributed by atoms with E-state index in [4.69, 9.17) is 31.2 Å². The number of aromatic nitrogens is 3. The molecule has 4 unspecified atom stereocenters. The van der Waals surface area contributed by atoms with Crippen molar-refractivity contribution in [3.05, 3.63) is 395 Å². The van der Waals surface area contributed by atoms with E-state index in [0.29, 0.717) is 91.6 Å². The minimum absolute atomic E-state index is 0. The van der Waals surface area contributed by atoms with E-state index in [1.54, 1.807) is 51.3 Å². The highest BCUT2D eigenvalue weighted by Gasteiger charge is 2.28. The van der Waals surface area contributed by atoms with Crippen LogP contribution >= 0.6 is 34.0 Å². The summed E-state index contributed by atoms with van der Waals surface area (Å²) in [7, 11) is 1.00. The first-order chi connectivity index (χ1) is 66.5. The van der Waals surface area contributed by atoms with Gasteiger partial charge in [-0.25, -0.2) is 29.3 Å². The number of anilines is 3. The molecular weight excluding hydrogens is 1800 g/mol. The van der Waals surface area contributed by atoms with Crippen molar-refractivity contribution in [2.24, 2.45) is 23.5 Å². The summed E-state index contributed by atoms with van der Waals surface area (Å²) in [4.78, 5) is 89.5. The number of amides is 4. The van der Waals surface area contributed by atoms with E-state index in [1.807, 2.05) is 230 Å². The van der Waals surface area contributed by atoms with E-state index < -0.39 is 17.8 Å². The fraction of sp³-hybridized carbons (Fsp3) is 0.289. The second kappa shape index (κ2) is 68.4. The van der Waals surface area contributed by atoms with Crippen LogP contribution in [-0.2, 0) is 33.4 Å². The smallest absolute Gasteiger partial charge is 0.333 e. The molecule has 0 spiro atoms. The summed E-state index contributed by atoms with van der Waals surface area (Å²) in [6.45, 7) is 29.9. The minimum atomic E-state index is -0.934. The number of nitrogen functional groups attached to an aromatic ring is 1. The Kier molecular flexibility index (Phi) is 57.9. The second-order valence-corrected chi connectivity index (χ2v) is 34.0. The van der Waals surface area contributed by atoms with Gasteiger partial charge in [0, 0.05) is 109 Å². The Bertz CT molecular complexity index is 5440. The Labute approximate surface area is 836 Å². The second-order valence-electron chi connectivity index (χ2n) is 31.4. The highest BCUT2D eigenvalue weighted by molar-refractivity contribution is 7.14. The van der Waals surface area contributed by atoms with E-state index in [0.717, 1.165) is 77.0 Å². The summed E-state index contributed by atoms with van der Waals surface area (Å²) >= 11 is 4.19. The van der Waals surface area contributed by atoms with Gasteiger partial charge >= 0.3 is 35.9 Å². The number of thiazole rings is 3. The molecule has 13 aromatic rings. The van der Waals surface area contributed by atoms with Crippen LogP contribution in [0.4, 0.5) is 25.0 Å². The van der Waals surface area contributed by atoms with Crippen LogP contribution in [0.2, 0.25) is 0 Å². The average molecular weight is 1940 g/mol. The first-order valence-corrected chi connectivity index (χ1v) is 48.6. The number of nitrogens with zero attached hydrogens (tertiary/aromatic N) is 5. The van der Waals surface area contributed by atoms with Gasteiger partial charge in [-0.05, 0) is 118 Å². The number of aliphatic hydroxyl groups is 2. The van der Waals surface area contributed by atoms with Gasteiger partial charge in [0.25, 0.3) is 0 Å². The van der Waals surface area contributed by atoms with Gasteiger partial charge in [0.1, 0.15) is 0 Å². The molecule has 0 aliphatic carbocycles. The van der Waals surface area contributed by atoms with Gasteiger partial charge in [0.05, 0.1) is 54.7 Å². The first-order valence-electron chi connectivity index (χ1n) is 45.9. The number of esters is 3. The van der Waals surface area contributed by atoms with Crippen molar-refractivity contribution in [2.75, 3.05) is 95.7 Å². The van der Waals surface area contributed by atoms with Crippen LogP contribution in [-0.4, -0.2) is 155 Å². The van der Waals surface area contributed by atoms with E-state index in [1.165, 1.54) is 61.8 Å². The van der Waals surface area contributed by atoms with Crippen LogP contribution in [0.1, 0.15) is 159 Å². The zero-order valence-corrected chi connectivity index (χ0v) is 82.5. The SMILES string of the molecule is C.C.C=C(C)C(=O)OCC.C=CC(=C)C(CCN)c1ccccc1.CC(CN(CCC(c1ccccc1)c1ccccc1)C(=O)Nc1nc(-c2ccccc2)cs1)C(=O)O.CCO.CCOC(=O)C(C)CN(CCC(c1ccccc1)c1ccccc1)C(=O)Nc1nc(-c2ccccc2)cs1.CCOC(=O)C(C)CNCCC(c1ccccc1)c1ccccc1.CO.Nc1nc(-c2ccccc2)cs1. The molecule has 738 valence electrons. The number of carbonyl (C=O) groups excluding carboxylic acids is 5. The van der Waals surface area contributed by atoms with Gasteiger partial charge in [0.2, 0.25) is 0 Å². The third-order valence-corrected chi connectivity index (χ3v) is 23.4. The van der Waals surface area contributed by atoms with Crippen molar-refractivity contribution >= 4 is 85.3 Å². The number of benzene rings is 10. The highest BCUT2D eigenvalue weighted by atomic mass is 32.1. The number of aliphatic carboxylic acids is 1. The Balaban J connectivity index is 0.000000367. The zero-order chi connectivity index (χ0) is 99.3. The number of nitrogens with one attached hydrogen (secondary N) is 3. The van der Waals surface area contributed by atoms with Crippen molar-refractivity contribution in [3.63, 3.8) is 0 Å². The maximum atomic E-state index is 13.5. The molecule has 0 fully saturated rings. The lowest BCUT2D eigenvalue weighted by atomic mass is 9.88. The van der Waals surface area contributed by atoms with Crippen LogP contribution in [0.15, 0.2) is 356 Å². The van der Waals surface area contributed by atoms with Crippen LogP contribution in [0.3, 0.4) is 0 Å². The van der Waals surface area contributed by atoms with Crippen molar-refractivity contribution in [3.8, 4) is 33.8 Å². The van der Waals surface area contributed by atoms with Gasteiger partial charge in [0.15, 0.2) is 15.4 Å². The molecular formula is C114H142N10O12S3. The molecule has 3 heterocycles. The molecule has 13 rings (SSSR count). The Morgan fingerprint density at radius 1 is 0.432 bits per heavy atom. The monoisotopic (exact) mass is 1940 g/mol. The molecule has 25 heteroatoms. The molecule has 3 aromatic heterocycles. The molecule has 0 saturated heterocycles. The van der Waals surface area contributed by atoms with Crippen molar-refractivity contribution < 1.29 is 58.3 Å². The Morgan fingerprint density at radius 3 is 1.01 bits per heavy atom. The fourth-order valence-electron chi connectivity index (χ4n) is 14.2. The number of rotatable bonds is 38. The fourth-order valence-corrected chi connectivity index (χ4v) is 16.2. The summed E-state index contributed by atoms with van der Waals surface area (Å²) < 4.78 is 14.8. The van der Waals surface area contributed by atoms with Crippen LogP contribution in [0.25, 0.3) is 33.8 Å². The number of hydrogen-bond acceptors (Lipinski definition) is 20. The van der Waals surface area contributed by atoms with E-state index in [2.05, 4.69) is 165 Å². The lowest BCUT2D eigenvalue weighted by molar-refractivity contribution is -0.148. The van der Waals surface area contributed by atoms with Gasteiger partial charge in [-0.15, -0.1) is 34.0 Å². The number of nitrogens with two attached hydrogens (primary N) is 2.